The van der Waals surface area contributed by atoms with Gasteiger partial charge in [0, 0.05) is 12.6 Å². The van der Waals surface area contributed by atoms with E-state index in [1.54, 1.807) is 0 Å². The van der Waals surface area contributed by atoms with Gasteiger partial charge in [-0.05, 0) is 38.6 Å². The molecule has 4 heteroatoms. The fourth-order valence-electron chi connectivity index (χ4n) is 2.04. The predicted molar refractivity (Wildman–Crippen MR) is 64.2 cm³/mol. The van der Waals surface area contributed by atoms with Crippen molar-refractivity contribution in [2.75, 3.05) is 13.6 Å². The van der Waals surface area contributed by atoms with Gasteiger partial charge in [0.2, 0.25) is 0 Å². The van der Waals surface area contributed by atoms with Gasteiger partial charge < -0.3 is 15.7 Å². The molecule has 0 bridgehead atoms. The van der Waals surface area contributed by atoms with E-state index in [4.69, 9.17) is 5.73 Å². The van der Waals surface area contributed by atoms with Crippen LogP contribution in [0, 0.1) is 11.8 Å². The lowest BCUT2D eigenvalue weighted by molar-refractivity contribution is -0.145. The average molecular weight is 228 g/mol. The minimum absolute atomic E-state index is 0.159. The Morgan fingerprint density at radius 1 is 1.50 bits per heavy atom. The van der Waals surface area contributed by atoms with Gasteiger partial charge in [-0.25, -0.2) is 0 Å². The van der Waals surface area contributed by atoms with Crippen molar-refractivity contribution in [2.45, 2.75) is 45.2 Å². The molecule has 0 aromatic heterocycles. The molecular weight excluding hydrogens is 204 g/mol. The second-order valence-electron chi connectivity index (χ2n) is 5.52. The summed E-state index contributed by atoms with van der Waals surface area (Å²) in [6.45, 7) is 6.82. The highest BCUT2D eigenvalue weighted by atomic mass is 16.4. The zero-order valence-electron chi connectivity index (χ0n) is 10.7. The lowest BCUT2D eigenvalue weighted by Crippen LogP contribution is -2.58. The van der Waals surface area contributed by atoms with Gasteiger partial charge in [0.15, 0.2) is 0 Å². The van der Waals surface area contributed by atoms with E-state index in [0.29, 0.717) is 18.5 Å². The van der Waals surface area contributed by atoms with Gasteiger partial charge in [0.05, 0.1) is 0 Å². The fourth-order valence-corrected chi connectivity index (χ4v) is 2.04. The zero-order chi connectivity index (χ0) is 12.5. The summed E-state index contributed by atoms with van der Waals surface area (Å²) in [7, 11) is 1.96. The second-order valence-corrected chi connectivity index (χ2v) is 5.52. The SMILES string of the molecule is CC(C)C(C)N(C)CC(N)(C(=O)O)C1CC1. The molecule has 94 valence electrons. The molecule has 1 aliphatic carbocycles. The highest BCUT2D eigenvalue weighted by Gasteiger charge is 2.49. The monoisotopic (exact) mass is 228 g/mol. The van der Waals surface area contributed by atoms with Crippen LogP contribution in [-0.2, 0) is 4.79 Å². The van der Waals surface area contributed by atoms with Gasteiger partial charge in [-0.2, -0.15) is 0 Å². The third-order valence-electron chi connectivity index (χ3n) is 3.88. The van der Waals surface area contributed by atoms with Gasteiger partial charge >= 0.3 is 5.97 Å². The number of carbonyl (C=O) groups is 1. The number of nitrogens with two attached hydrogens (primary N) is 1. The number of aliphatic carboxylic acids is 1. The molecule has 0 spiro atoms. The lowest BCUT2D eigenvalue weighted by atomic mass is 9.92. The van der Waals surface area contributed by atoms with Crippen LogP contribution < -0.4 is 5.73 Å². The summed E-state index contributed by atoms with van der Waals surface area (Å²) < 4.78 is 0. The Kier molecular flexibility index (Phi) is 3.97. The summed E-state index contributed by atoms with van der Waals surface area (Å²) in [5.74, 6) is -0.202. The number of carboxylic acids is 1. The molecule has 1 fully saturated rings. The maximum Gasteiger partial charge on any atom is 0.325 e. The standard InChI is InChI=1S/C12H24N2O2/c1-8(2)9(3)14(4)7-12(13,11(15)16)10-5-6-10/h8-10H,5-7,13H2,1-4H3,(H,15,16). The minimum atomic E-state index is -1.06. The molecule has 1 saturated carbocycles. The number of nitrogens with zero attached hydrogens (tertiary/aromatic N) is 1. The van der Waals surface area contributed by atoms with E-state index in [9.17, 15) is 9.90 Å². The number of likely N-dealkylation sites (N-methyl/N-ethyl adjacent to an activating group) is 1. The van der Waals surface area contributed by atoms with Crippen molar-refractivity contribution in [2.24, 2.45) is 17.6 Å². The zero-order valence-corrected chi connectivity index (χ0v) is 10.7. The molecule has 0 aromatic rings. The van der Waals surface area contributed by atoms with Crippen LogP contribution in [0.25, 0.3) is 0 Å². The number of rotatable bonds is 6. The van der Waals surface area contributed by atoms with Crippen molar-refractivity contribution in [1.29, 1.82) is 0 Å². The van der Waals surface area contributed by atoms with Gasteiger partial charge in [0.1, 0.15) is 5.54 Å². The van der Waals surface area contributed by atoms with E-state index in [-0.39, 0.29) is 5.92 Å². The van der Waals surface area contributed by atoms with Gasteiger partial charge in [-0.1, -0.05) is 13.8 Å². The molecule has 3 N–H and O–H groups in total. The molecule has 0 aliphatic heterocycles. The molecule has 0 amide bonds. The normalized spacial score (nSPS) is 22.2. The molecule has 0 heterocycles. The van der Waals surface area contributed by atoms with Crippen molar-refractivity contribution in [3.8, 4) is 0 Å². The smallest absolute Gasteiger partial charge is 0.325 e. The van der Waals surface area contributed by atoms with Crippen molar-refractivity contribution in [1.82, 2.24) is 4.90 Å². The van der Waals surface area contributed by atoms with Crippen LogP contribution in [0.3, 0.4) is 0 Å². The molecular formula is C12H24N2O2. The predicted octanol–water partition coefficient (Wildman–Crippen LogP) is 1.15. The number of hydrogen-bond acceptors (Lipinski definition) is 3. The van der Waals surface area contributed by atoms with Crippen LogP contribution in [0.5, 0.6) is 0 Å². The molecule has 2 unspecified atom stereocenters. The molecule has 16 heavy (non-hydrogen) atoms. The van der Waals surface area contributed by atoms with Crippen LogP contribution in [0.2, 0.25) is 0 Å². The highest BCUT2D eigenvalue weighted by molar-refractivity contribution is 5.79. The Bertz CT molecular complexity index is 264. The van der Waals surface area contributed by atoms with E-state index >= 15 is 0 Å². The summed E-state index contributed by atoms with van der Waals surface area (Å²) >= 11 is 0. The molecule has 0 saturated heterocycles. The third-order valence-corrected chi connectivity index (χ3v) is 3.88. The van der Waals surface area contributed by atoms with Gasteiger partial charge in [-0.3, -0.25) is 4.79 Å². The van der Waals surface area contributed by atoms with Crippen LogP contribution in [0.1, 0.15) is 33.6 Å². The molecule has 4 nitrogen and oxygen atoms in total. The van der Waals surface area contributed by atoms with Crippen molar-refractivity contribution >= 4 is 5.97 Å². The van der Waals surface area contributed by atoms with E-state index in [1.165, 1.54) is 0 Å². The van der Waals surface area contributed by atoms with Crippen LogP contribution >= 0.6 is 0 Å². The summed E-state index contributed by atoms with van der Waals surface area (Å²) in [6, 6.07) is 0.348. The summed E-state index contributed by atoms with van der Waals surface area (Å²) in [5, 5.41) is 9.26. The van der Waals surface area contributed by atoms with Gasteiger partial charge in [0.25, 0.3) is 0 Å². The first-order chi connectivity index (χ1) is 7.29. The van der Waals surface area contributed by atoms with Crippen LogP contribution in [-0.4, -0.2) is 41.1 Å². The molecule has 1 aliphatic rings. The molecule has 1 rings (SSSR count). The maximum atomic E-state index is 11.3. The minimum Gasteiger partial charge on any atom is -0.480 e. The van der Waals surface area contributed by atoms with Crippen LogP contribution in [0.4, 0.5) is 0 Å². The highest BCUT2D eigenvalue weighted by Crippen LogP contribution is 2.39. The first-order valence-corrected chi connectivity index (χ1v) is 6.01. The average Bonchev–Trinajstić information content (AvgIpc) is 2.98. The Labute approximate surface area is 97.8 Å². The largest absolute Gasteiger partial charge is 0.480 e. The fraction of sp³-hybridized carbons (Fsp3) is 0.917. The van der Waals surface area contributed by atoms with Gasteiger partial charge in [-0.15, -0.1) is 0 Å². The van der Waals surface area contributed by atoms with E-state index in [1.807, 2.05) is 7.05 Å². The summed E-state index contributed by atoms with van der Waals surface area (Å²) in [6.07, 6.45) is 1.90. The van der Waals surface area contributed by atoms with E-state index in [0.717, 1.165) is 12.8 Å². The topological polar surface area (TPSA) is 66.6 Å². The van der Waals surface area contributed by atoms with Crippen LogP contribution in [0.15, 0.2) is 0 Å². The maximum absolute atomic E-state index is 11.3. The number of hydrogen-bond donors (Lipinski definition) is 2. The van der Waals surface area contributed by atoms with Crippen molar-refractivity contribution in [3.63, 3.8) is 0 Å². The Balaban J connectivity index is 2.65. The van der Waals surface area contributed by atoms with Crippen molar-refractivity contribution < 1.29 is 9.90 Å². The first-order valence-electron chi connectivity index (χ1n) is 6.01. The Morgan fingerprint density at radius 2 is 2.00 bits per heavy atom. The Morgan fingerprint density at radius 3 is 2.31 bits per heavy atom. The Hall–Kier alpha value is -0.610. The summed E-state index contributed by atoms with van der Waals surface area (Å²) in [4.78, 5) is 13.3. The van der Waals surface area contributed by atoms with Crippen molar-refractivity contribution in [3.05, 3.63) is 0 Å². The first kappa shape index (κ1) is 13.5. The quantitative estimate of drug-likeness (QED) is 0.716. The number of carboxylic acid groups (broad SMARTS) is 1. The molecule has 0 aromatic carbocycles. The third kappa shape index (κ3) is 2.74. The summed E-state index contributed by atoms with van der Waals surface area (Å²) in [5.41, 5.74) is 4.99. The second kappa shape index (κ2) is 4.72. The molecule has 2 atom stereocenters. The lowest BCUT2D eigenvalue weighted by Gasteiger charge is -2.35. The molecule has 0 radical (unpaired) electrons. The van der Waals surface area contributed by atoms with E-state index in [2.05, 4.69) is 25.7 Å². The van der Waals surface area contributed by atoms with E-state index < -0.39 is 11.5 Å².